The van der Waals surface area contributed by atoms with Crippen LogP contribution in [0.2, 0.25) is 0 Å². The highest BCUT2D eigenvalue weighted by Gasteiger charge is 2.14. The van der Waals surface area contributed by atoms with Crippen molar-refractivity contribution in [1.29, 1.82) is 10.8 Å². The number of rotatable bonds is 11. The van der Waals surface area contributed by atoms with E-state index in [0.29, 0.717) is 10.3 Å². The fraction of sp³-hybridized carbons (Fsp3) is 0.158. The number of thiazole rings is 2. The molecule has 12 nitrogen and oxygen atoms in total. The third kappa shape index (κ3) is 7.66. The van der Waals surface area contributed by atoms with Crippen molar-refractivity contribution in [1.82, 2.24) is 24.2 Å². The van der Waals surface area contributed by atoms with Gasteiger partial charge in [-0.1, -0.05) is 12.1 Å². The van der Waals surface area contributed by atoms with Crippen LogP contribution in [0.4, 0.5) is 16.0 Å². The van der Waals surface area contributed by atoms with Crippen LogP contribution in [-0.2, 0) is 5.75 Å². The first-order chi connectivity index (χ1) is 16.9. The highest BCUT2D eigenvalue weighted by atomic mass is 32.2. The standard InChI is InChI=1S/C19H24N12S4/c20-16(21)27-18-25-14(10-33-18)9-32-7-4-24-30-5-6-31(35-30)29-13-3-1-2-12(8-13)15-11-34-19(26-15)28-17(22)23/h1-3,5-6,8,10-11,24,29H,4,7,9H2,(H4,20,21,25,27)(H4,22,23,26,28). The van der Waals surface area contributed by atoms with Gasteiger partial charge >= 0.3 is 0 Å². The first-order valence-electron chi connectivity index (χ1n) is 10.2. The highest BCUT2D eigenvalue weighted by molar-refractivity contribution is 7.98. The zero-order chi connectivity index (χ0) is 24.6. The maximum absolute atomic E-state index is 7.32. The Labute approximate surface area is 218 Å². The van der Waals surface area contributed by atoms with Gasteiger partial charge in [-0.15, -0.1) is 22.7 Å². The average molecular weight is 549 g/mol. The fourth-order valence-electron chi connectivity index (χ4n) is 2.81. The van der Waals surface area contributed by atoms with E-state index in [-0.39, 0.29) is 11.9 Å². The van der Waals surface area contributed by atoms with E-state index in [0.717, 1.165) is 40.7 Å². The van der Waals surface area contributed by atoms with E-state index in [2.05, 4.69) is 31.5 Å². The summed E-state index contributed by atoms with van der Waals surface area (Å²) in [5, 5.41) is 25.1. The lowest BCUT2D eigenvalue weighted by molar-refractivity contribution is 0.473. The molecule has 0 unspecified atom stereocenters. The molecule has 4 rings (SSSR count). The first-order valence-corrected chi connectivity index (χ1v) is 13.8. The van der Waals surface area contributed by atoms with Crippen molar-refractivity contribution in [3.63, 3.8) is 0 Å². The Morgan fingerprint density at radius 1 is 1.00 bits per heavy atom. The minimum atomic E-state index is -0.132. The lowest BCUT2D eigenvalue weighted by Gasteiger charge is -2.21. The number of hydrazine groups is 2. The van der Waals surface area contributed by atoms with Crippen LogP contribution in [0, 0.1) is 10.8 Å². The van der Waals surface area contributed by atoms with E-state index in [4.69, 9.17) is 22.3 Å². The smallest absolute Gasteiger partial charge is 0.192 e. The van der Waals surface area contributed by atoms with Crippen LogP contribution in [0.25, 0.3) is 11.3 Å². The molecule has 16 heteroatoms. The van der Waals surface area contributed by atoms with E-state index < -0.39 is 0 Å². The van der Waals surface area contributed by atoms with E-state index in [1.807, 2.05) is 56.3 Å². The molecule has 10 N–H and O–H groups in total. The monoisotopic (exact) mass is 548 g/mol. The van der Waals surface area contributed by atoms with Gasteiger partial charge in [-0.25, -0.2) is 24.2 Å². The Morgan fingerprint density at radius 2 is 1.74 bits per heavy atom. The molecule has 3 heterocycles. The van der Waals surface area contributed by atoms with Crippen molar-refractivity contribution >= 4 is 74.4 Å². The molecule has 0 spiro atoms. The van der Waals surface area contributed by atoms with Crippen LogP contribution >= 0.6 is 46.6 Å². The molecule has 3 aromatic rings. The molecule has 1 aliphatic rings. The number of nitrogens with one attached hydrogen (secondary N) is 6. The maximum Gasteiger partial charge on any atom is 0.192 e. The predicted octanol–water partition coefficient (Wildman–Crippen LogP) is 3.29. The van der Waals surface area contributed by atoms with E-state index >= 15 is 0 Å². The van der Waals surface area contributed by atoms with Crippen molar-refractivity contribution in [2.45, 2.75) is 5.75 Å². The van der Waals surface area contributed by atoms with Gasteiger partial charge in [0.15, 0.2) is 22.2 Å². The van der Waals surface area contributed by atoms with Crippen LogP contribution < -0.4 is 33.0 Å². The molecule has 2 aromatic heterocycles. The van der Waals surface area contributed by atoms with Gasteiger partial charge < -0.3 is 22.1 Å². The zero-order valence-corrected chi connectivity index (χ0v) is 21.6. The summed E-state index contributed by atoms with van der Waals surface area (Å²) in [5.74, 6) is 1.48. The number of anilines is 3. The lowest BCUT2D eigenvalue weighted by atomic mass is 10.1. The van der Waals surface area contributed by atoms with Crippen LogP contribution in [0.1, 0.15) is 5.69 Å². The molecule has 0 fully saturated rings. The quantitative estimate of drug-likeness (QED) is 0.0759. The highest BCUT2D eigenvalue weighted by Crippen LogP contribution is 2.29. The average Bonchev–Trinajstić information content (AvgIpc) is 3.55. The van der Waals surface area contributed by atoms with Crippen LogP contribution in [-0.4, -0.2) is 43.0 Å². The summed E-state index contributed by atoms with van der Waals surface area (Å²) in [4.78, 5) is 8.87. The van der Waals surface area contributed by atoms with E-state index in [1.54, 1.807) is 11.8 Å². The van der Waals surface area contributed by atoms with Crippen molar-refractivity contribution in [2.24, 2.45) is 11.5 Å². The fourth-order valence-corrected chi connectivity index (χ4v) is 5.81. The topological polar surface area (TPSA) is 180 Å². The summed E-state index contributed by atoms with van der Waals surface area (Å²) in [5.41, 5.74) is 21.1. The van der Waals surface area contributed by atoms with E-state index in [9.17, 15) is 0 Å². The molecule has 0 aliphatic carbocycles. The van der Waals surface area contributed by atoms with Crippen molar-refractivity contribution in [3.8, 4) is 11.3 Å². The molecular formula is C19H24N12S4. The Morgan fingerprint density at radius 3 is 2.54 bits per heavy atom. The largest absolute Gasteiger partial charge is 0.370 e. The van der Waals surface area contributed by atoms with Gasteiger partial charge in [-0.2, -0.15) is 11.8 Å². The molecule has 35 heavy (non-hydrogen) atoms. The van der Waals surface area contributed by atoms with Gasteiger partial charge in [0.25, 0.3) is 0 Å². The van der Waals surface area contributed by atoms with Crippen molar-refractivity contribution in [2.75, 3.05) is 28.4 Å². The van der Waals surface area contributed by atoms with Gasteiger partial charge in [0.05, 0.1) is 23.3 Å². The minimum Gasteiger partial charge on any atom is -0.370 e. The Kier molecular flexibility index (Phi) is 8.54. The molecule has 0 amide bonds. The Balaban J connectivity index is 1.17. The number of thioether (sulfide) groups is 1. The molecule has 1 aromatic carbocycles. The van der Waals surface area contributed by atoms with Crippen LogP contribution in [0.15, 0.2) is 47.4 Å². The van der Waals surface area contributed by atoms with E-state index in [1.165, 1.54) is 34.8 Å². The van der Waals surface area contributed by atoms with Crippen LogP contribution in [0.3, 0.4) is 0 Å². The van der Waals surface area contributed by atoms with Gasteiger partial charge in [0, 0.05) is 40.6 Å². The third-order valence-corrected chi connectivity index (χ3v) is 7.59. The molecule has 0 saturated heterocycles. The summed E-state index contributed by atoms with van der Waals surface area (Å²) in [6.07, 6.45) is 3.89. The summed E-state index contributed by atoms with van der Waals surface area (Å²) in [6, 6.07) is 7.96. The molecule has 184 valence electrons. The molecule has 0 atom stereocenters. The summed E-state index contributed by atoms with van der Waals surface area (Å²) in [6.45, 7) is 0.800. The number of hydrogen-bond donors (Lipinski definition) is 8. The zero-order valence-electron chi connectivity index (χ0n) is 18.3. The van der Waals surface area contributed by atoms with Gasteiger partial charge in [0.2, 0.25) is 0 Å². The second-order valence-electron chi connectivity index (χ2n) is 6.94. The number of hydrogen-bond acceptors (Lipinski definition) is 12. The second-order valence-corrected chi connectivity index (χ2v) is 10.7. The molecule has 1 aliphatic heterocycles. The molecular weight excluding hydrogens is 525 g/mol. The van der Waals surface area contributed by atoms with Crippen molar-refractivity contribution in [3.05, 3.63) is 53.1 Å². The maximum atomic E-state index is 7.32. The predicted molar refractivity (Wildman–Crippen MR) is 149 cm³/mol. The molecule has 0 bridgehead atoms. The number of benzene rings is 1. The van der Waals surface area contributed by atoms with Gasteiger partial charge in [-0.3, -0.25) is 16.2 Å². The molecule has 0 radical (unpaired) electrons. The van der Waals surface area contributed by atoms with Crippen molar-refractivity contribution < 1.29 is 0 Å². The lowest BCUT2D eigenvalue weighted by Crippen LogP contribution is -2.30. The Hall–Kier alpha value is -3.18. The SMILES string of the molecule is N=C(N)Nc1nc(CSCCNN2C=CN(Nc3cccc(-c4csc(NC(=N)N)n4)c3)S2)cs1. The first kappa shape index (κ1) is 24.9. The summed E-state index contributed by atoms with van der Waals surface area (Å²) in [7, 11) is 0. The normalized spacial score (nSPS) is 12.7. The number of aromatic nitrogens is 2. The summed E-state index contributed by atoms with van der Waals surface area (Å²) < 4.78 is 3.84. The van der Waals surface area contributed by atoms with Crippen LogP contribution in [0.5, 0.6) is 0 Å². The Bertz CT molecular complexity index is 1190. The molecule has 0 saturated carbocycles. The second kappa shape index (κ2) is 12.0. The van der Waals surface area contributed by atoms with Gasteiger partial charge in [-0.05, 0) is 12.1 Å². The minimum absolute atomic E-state index is 0.105. The number of guanidine groups is 2. The van der Waals surface area contributed by atoms with Gasteiger partial charge in [0.1, 0.15) is 12.1 Å². The number of nitrogens with two attached hydrogens (primary N) is 2. The summed E-state index contributed by atoms with van der Waals surface area (Å²) >= 11 is 6.12. The third-order valence-electron chi connectivity index (χ3n) is 4.21. The number of nitrogens with zero attached hydrogens (tertiary/aromatic N) is 4.